The number of anilines is 1. The van der Waals surface area contributed by atoms with Crippen molar-refractivity contribution in [3.05, 3.63) is 106 Å². The summed E-state index contributed by atoms with van der Waals surface area (Å²) in [6, 6.07) is 21.1. The maximum atomic E-state index is 13.8. The van der Waals surface area contributed by atoms with E-state index in [4.69, 9.17) is 20.8 Å². The molecule has 8 heteroatoms. The van der Waals surface area contributed by atoms with Crippen molar-refractivity contribution < 1.29 is 23.8 Å². The second kappa shape index (κ2) is 10.3. The molecule has 1 unspecified atom stereocenters. The molecular weight excluding hydrogens is 504 g/mol. The highest BCUT2D eigenvalue weighted by Crippen LogP contribution is 2.40. The standard InChI is InChI=1S/C30H27ClN2O5/c1-32(2)22-13-9-19(10-14-22)26-25(27(34)24-17-20-5-4-6-23(37-3)29(20)38-24)28(35)30(36)33(26)16-15-18-7-11-21(31)12-8-18/h4-14,17,26,35H,15-16H2,1-3H3. The number of hydrogen-bond donors (Lipinski definition) is 1. The number of rotatable bonds is 8. The highest BCUT2D eigenvalue weighted by Gasteiger charge is 2.44. The van der Waals surface area contributed by atoms with E-state index in [1.807, 2.05) is 61.5 Å². The van der Waals surface area contributed by atoms with Crippen molar-refractivity contribution in [2.45, 2.75) is 12.5 Å². The fourth-order valence-corrected chi connectivity index (χ4v) is 4.89. The van der Waals surface area contributed by atoms with Gasteiger partial charge in [0.2, 0.25) is 5.78 Å². The van der Waals surface area contributed by atoms with Crippen LogP contribution in [-0.4, -0.2) is 49.4 Å². The van der Waals surface area contributed by atoms with Gasteiger partial charge in [-0.2, -0.15) is 0 Å². The first kappa shape index (κ1) is 25.4. The van der Waals surface area contributed by atoms with Gasteiger partial charge in [-0.15, -0.1) is 0 Å². The molecule has 1 aromatic heterocycles. The summed E-state index contributed by atoms with van der Waals surface area (Å²) >= 11 is 6.02. The van der Waals surface area contributed by atoms with Gasteiger partial charge in [0.1, 0.15) is 0 Å². The molecule has 0 saturated carbocycles. The predicted molar refractivity (Wildman–Crippen MR) is 147 cm³/mol. The molecule has 0 spiro atoms. The number of carbonyl (C=O) groups excluding carboxylic acids is 2. The van der Waals surface area contributed by atoms with Gasteiger partial charge in [0, 0.05) is 36.7 Å². The number of nitrogens with zero attached hydrogens (tertiary/aromatic N) is 2. The highest BCUT2D eigenvalue weighted by atomic mass is 35.5. The molecule has 1 aliphatic rings. The molecule has 5 rings (SSSR count). The summed E-state index contributed by atoms with van der Waals surface area (Å²) in [5.74, 6) is -1.21. The number of Topliss-reactive ketones (excluding diaryl/α,β-unsaturated/α-hetero) is 1. The number of fused-ring (bicyclic) bond motifs is 1. The lowest BCUT2D eigenvalue weighted by atomic mass is 9.94. The number of furan rings is 1. The van der Waals surface area contributed by atoms with Gasteiger partial charge < -0.3 is 24.1 Å². The summed E-state index contributed by atoms with van der Waals surface area (Å²) in [7, 11) is 5.39. The molecular formula is C30H27ClN2O5. The lowest BCUT2D eigenvalue weighted by Crippen LogP contribution is -2.33. The van der Waals surface area contributed by atoms with Crippen molar-refractivity contribution in [2.75, 3.05) is 32.6 Å². The number of halogens is 1. The number of aliphatic hydroxyl groups is 1. The summed E-state index contributed by atoms with van der Waals surface area (Å²) < 4.78 is 11.3. The molecule has 4 aromatic rings. The number of aliphatic hydroxyl groups excluding tert-OH is 1. The molecule has 7 nitrogen and oxygen atoms in total. The molecule has 1 aliphatic heterocycles. The molecule has 1 amide bonds. The molecule has 194 valence electrons. The summed E-state index contributed by atoms with van der Waals surface area (Å²) in [4.78, 5) is 30.7. The lowest BCUT2D eigenvalue weighted by Gasteiger charge is -2.27. The van der Waals surface area contributed by atoms with Crippen molar-refractivity contribution in [1.29, 1.82) is 0 Å². The maximum Gasteiger partial charge on any atom is 0.290 e. The molecule has 2 heterocycles. The molecule has 0 saturated heterocycles. The van der Waals surface area contributed by atoms with Crippen LogP contribution in [0.1, 0.15) is 27.7 Å². The third kappa shape index (κ3) is 4.61. The SMILES string of the molecule is COc1cccc2cc(C(=O)C3=C(O)C(=O)N(CCc4ccc(Cl)cc4)C3c3ccc(N(C)C)cc3)oc12. The van der Waals surface area contributed by atoms with E-state index in [9.17, 15) is 14.7 Å². The largest absolute Gasteiger partial charge is 0.503 e. The second-order valence-corrected chi connectivity index (χ2v) is 9.78. The number of ether oxygens (including phenoxy) is 1. The van der Waals surface area contributed by atoms with Crippen LogP contribution in [0.15, 0.2) is 88.5 Å². The van der Waals surface area contributed by atoms with Crippen molar-refractivity contribution in [2.24, 2.45) is 0 Å². The number of benzene rings is 3. The molecule has 0 aliphatic carbocycles. The lowest BCUT2D eigenvalue weighted by molar-refractivity contribution is -0.129. The number of para-hydroxylation sites is 1. The van der Waals surface area contributed by atoms with Crippen LogP contribution in [0.25, 0.3) is 11.0 Å². The number of methoxy groups -OCH3 is 1. The van der Waals surface area contributed by atoms with Gasteiger partial charge in [-0.25, -0.2) is 0 Å². The first-order chi connectivity index (χ1) is 18.3. The summed E-state index contributed by atoms with van der Waals surface area (Å²) in [6.07, 6.45) is 0.520. The molecule has 0 radical (unpaired) electrons. The minimum Gasteiger partial charge on any atom is -0.503 e. The average molecular weight is 531 g/mol. The molecule has 1 atom stereocenters. The van der Waals surface area contributed by atoms with Crippen LogP contribution in [0, 0.1) is 0 Å². The summed E-state index contributed by atoms with van der Waals surface area (Å²) in [6.45, 7) is 0.287. The highest BCUT2D eigenvalue weighted by molar-refractivity contribution is 6.30. The molecule has 38 heavy (non-hydrogen) atoms. The van der Waals surface area contributed by atoms with E-state index in [0.717, 1.165) is 11.3 Å². The maximum absolute atomic E-state index is 13.8. The van der Waals surface area contributed by atoms with Gasteiger partial charge in [-0.3, -0.25) is 9.59 Å². The van der Waals surface area contributed by atoms with E-state index >= 15 is 0 Å². The molecule has 3 aromatic carbocycles. The van der Waals surface area contributed by atoms with Crippen LogP contribution in [-0.2, 0) is 11.2 Å². The molecule has 0 bridgehead atoms. The first-order valence-electron chi connectivity index (χ1n) is 12.2. The van der Waals surface area contributed by atoms with Crippen molar-refractivity contribution in [3.8, 4) is 5.75 Å². The Bertz CT molecular complexity index is 1540. The Balaban J connectivity index is 1.54. The van der Waals surface area contributed by atoms with Crippen molar-refractivity contribution >= 4 is 39.9 Å². The quantitative estimate of drug-likeness (QED) is 0.282. The van der Waals surface area contributed by atoms with Crippen LogP contribution in [0.3, 0.4) is 0 Å². The van der Waals surface area contributed by atoms with Crippen LogP contribution >= 0.6 is 11.6 Å². The third-order valence-corrected chi connectivity index (χ3v) is 7.03. The van der Waals surface area contributed by atoms with Crippen molar-refractivity contribution in [3.63, 3.8) is 0 Å². The Kier molecular flexibility index (Phi) is 6.87. The second-order valence-electron chi connectivity index (χ2n) is 9.34. The minimum absolute atomic E-state index is 0.0123. The smallest absolute Gasteiger partial charge is 0.290 e. The Morgan fingerprint density at radius 1 is 1.08 bits per heavy atom. The van der Waals surface area contributed by atoms with Gasteiger partial charge >= 0.3 is 0 Å². The van der Waals surface area contributed by atoms with E-state index in [1.165, 1.54) is 12.0 Å². The first-order valence-corrected chi connectivity index (χ1v) is 12.5. The Hall–Kier alpha value is -4.23. The van der Waals surface area contributed by atoms with E-state index in [-0.39, 0.29) is 17.9 Å². The van der Waals surface area contributed by atoms with Gasteiger partial charge in [-0.1, -0.05) is 48.0 Å². The average Bonchev–Trinajstić information content (AvgIpc) is 3.47. The molecule has 1 N–H and O–H groups in total. The van der Waals surface area contributed by atoms with Crippen LogP contribution in [0.5, 0.6) is 5.75 Å². The zero-order valence-corrected chi connectivity index (χ0v) is 22.0. The van der Waals surface area contributed by atoms with Crippen LogP contribution in [0.4, 0.5) is 5.69 Å². The minimum atomic E-state index is -0.784. The number of amides is 1. The fourth-order valence-electron chi connectivity index (χ4n) is 4.76. The van der Waals surface area contributed by atoms with Crippen molar-refractivity contribution in [1.82, 2.24) is 4.90 Å². The van der Waals surface area contributed by atoms with Gasteiger partial charge in [0.25, 0.3) is 5.91 Å². The zero-order chi connectivity index (χ0) is 27.0. The number of hydrogen-bond acceptors (Lipinski definition) is 6. The van der Waals surface area contributed by atoms with E-state index < -0.39 is 23.5 Å². The van der Waals surface area contributed by atoms with E-state index in [1.54, 1.807) is 30.3 Å². The third-order valence-electron chi connectivity index (χ3n) is 6.78. The zero-order valence-electron chi connectivity index (χ0n) is 21.3. The Morgan fingerprint density at radius 3 is 2.45 bits per heavy atom. The van der Waals surface area contributed by atoms with Gasteiger partial charge in [0.15, 0.2) is 22.9 Å². The van der Waals surface area contributed by atoms with E-state index in [0.29, 0.717) is 33.7 Å². The van der Waals surface area contributed by atoms with Crippen LogP contribution in [0.2, 0.25) is 5.02 Å². The topological polar surface area (TPSA) is 83.2 Å². The number of ketones is 1. The Morgan fingerprint density at radius 2 is 1.79 bits per heavy atom. The van der Waals surface area contributed by atoms with E-state index in [2.05, 4.69) is 0 Å². The molecule has 0 fully saturated rings. The normalized spacial score (nSPS) is 15.4. The van der Waals surface area contributed by atoms with Gasteiger partial charge in [0.05, 0.1) is 18.7 Å². The summed E-state index contributed by atoms with van der Waals surface area (Å²) in [5.41, 5.74) is 3.07. The van der Waals surface area contributed by atoms with Crippen LogP contribution < -0.4 is 9.64 Å². The number of carbonyl (C=O) groups is 2. The monoisotopic (exact) mass is 530 g/mol. The fraction of sp³-hybridized carbons (Fsp3) is 0.200. The predicted octanol–water partition coefficient (Wildman–Crippen LogP) is 5.98. The van der Waals surface area contributed by atoms with Gasteiger partial charge in [-0.05, 0) is 53.9 Å². The summed E-state index contributed by atoms with van der Waals surface area (Å²) in [5, 5.41) is 12.3. The Labute approximate surface area is 225 Å².